The van der Waals surface area contributed by atoms with Gasteiger partial charge in [-0.1, -0.05) is 18.2 Å². The molecule has 0 atom stereocenters. The van der Waals surface area contributed by atoms with Gasteiger partial charge in [0, 0.05) is 35.1 Å². The number of aryl methyl sites for hydroxylation is 4. The summed E-state index contributed by atoms with van der Waals surface area (Å²) in [6.07, 6.45) is 0.403. The first-order chi connectivity index (χ1) is 14.4. The van der Waals surface area contributed by atoms with E-state index in [4.69, 9.17) is 14.5 Å². The number of pyridine rings is 2. The van der Waals surface area contributed by atoms with Gasteiger partial charge in [0.05, 0.1) is 11.4 Å². The minimum atomic E-state index is 0.403. The highest BCUT2D eigenvalue weighted by Crippen LogP contribution is 2.28. The Bertz CT molecular complexity index is 1000. The second-order valence-electron chi connectivity index (χ2n) is 6.83. The number of nitrogens with one attached hydrogen (secondary N) is 2. The van der Waals surface area contributed by atoms with Gasteiger partial charge < -0.3 is 10.1 Å². The highest BCUT2D eigenvalue weighted by molar-refractivity contribution is 5.63. The second kappa shape index (κ2) is 10.9. The van der Waals surface area contributed by atoms with E-state index >= 15 is 0 Å². The first kappa shape index (κ1) is 22.8. The number of ether oxygens (including phenoxy) is 1. The minimum Gasteiger partial charge on any atom is -0.473 e. The van der Waals surface area contributed by atoms with E-state index < -0.39 is 0 Å². The van der Waals surface area contributed by atoms with E-state index in [-0.39, 0.29) is 0 Å². The lowest BCUT2D eigenvalue weighted by molar-refractivity contribution is -0.109. The smallest absolute Gasteiger partial charge is 0.221 e. The van der Waals surface area contributed by atoms with Gasteiger partial charge in [-0.2, -0.15) is 0 Å². The van der Waals surface area contributed by atoms with Gasteiger partial charge in [0.1, 0.15) is 6.61 Å². The summed E-state index contributed by atoms with van der Waals surface area (Å²) in [6, 6.07) is 14.3. The van der Waals surface area contributed by atoms with E-state index in [0.29, 0.717) is 18.9 Å². The lowest BCUT2D eigenvalue weighted by atomic mass is 10.1. The monoisotopic (exact) mass is 407 g/mol. The molecule has 0 aliphatic carbocycles. The molecule has 0 bridgehead atoms. The third kappa shape index (κ3) is 5.78. The fraction of sp³-hybridized carbons (Fsp3) is 0.261. The maximum Gasteiger partial charge on any atom is 0.221 e. The first-order valence-electron chi connectivity index (χ1n) is 9.62. The van der Waals surface area contributed by atoms with Crippen LogP contribution in [0.25, 0.3) is 11.3 Å². The van der Waals surface area contributed by atoms with Crippen LogP contribution in [0.2, 0.25) is 0 Å². The van der Waals surface area contributed by atoms with Crippen molar-refractivity contribution in [3.63, 3.8) is 0 Å². The van der Waals surface area contributed by atoms with Crippen LogP contribution in [0.1, 0.15) is 28.1 Å². The Hall–Kier alpha value is -3.45. The van der Waals surface area contributed by atoms with Crippen molar-refractivity contribution in [3.05, 3.63) is 70.5 Å². The molecule has 7 nitrogen and oxygen atoms in total. The summed E-state index contributed by atoms with van der Waals surface area (Å²) >= 11 is 0. The number of rotatable bonds is 6. The number of aromatic nitrogens is 2. The van der Waals surface area contributed by atoms with Crippen molar-refractivity contribution < 1.29 is 9.53 Å². The van der Waals surface area contributed by atoms with Crippen LogP contribution in [-0.4, -0.2) is 23.4 Å². The van der Waals surface area contributed by atoms with Crippen molar-refractivity contribution in [3.8, 4) is 17.1 Å². The molecule has 0 radical (unpaired) electrons. The van der Waals surface area contributed by atoms with Crippen LogP contribution in [0.5, 0.6) is 5.88 Å². The van der Waals surface area contributed by atoms with Gasteiger partial charge in [-0.05, 0) is 57.5 Å². The van der Waals surface area contributed by atoms with Crippen molar-refractivity contribution >= 4 is 12.1 Å². The van der Waals surface area contributed by atoms with E-state index in [0.717, 1.165) is 39.5 Å². The molecule has 3 aromatic rings. The molecule has 1 aromatic carbocycles. The van der Waals surface area contributed by atoms with E-state index in [2.05, 4.69) is 41.3 Å². The molecule has 0 unspecified atom stereocenters. The third-order valence-corrected chi connectivity index (χ3v) is 4.62. The normalized spacial score (nSPS) is 9.93. The van der Waals surface area contributed by atoms with Crippen molar-refractivity contribution in [2.75, 3.05) is 12.4 Å². The summed E-state index contributed by atoms with van der Waals surface area (Å²) in [4.78, 5) is 18.2. The highest BCUT2D eigenvalue weighted by atomic mass is 16.5. The van der Waals surface area contributed by atoms with E-state index in [1.807, 2.05) is 52.1 Å². The Labute approximate surface area is 177 Å². The molecule has 0 saturated carbocycles. The highest BCUT2D eigenvalue weighted by Gasteiger charge is 2.12. The van der Waals surface area contributed by atoms with E-state index in [1.165, 1.54) is 5.56 Å². The summed E-state index contributed by atoms with van der Waals surface area (Å²) in [5.41, 5.74) is 10.1. The van der Waals surface area contributed by atoms with Gasteiger partial charge in [0.2, 0.25) is 12.3 Å². The van der Waals surface area contributed by atoms with Crippen molar-refractivity contribution in [1.82, 2.24) is 15.4 Å². The molecule has 0 fully saturated rings. The summed E-state index contributed by atoms with van der Waals surface area (Å²) in [6.45, 7) is 8.60. The number of nitrogens with two attached hydrogens (primary N) is 1. The van der Waals surface area contributed by atoms with Crippen molar-refractivity contribution in [2.24, 2.45) is 5.84 Å². The van der Waals surface area contributed by atoms with Gasteiger partial charge in [0.15, 0.2) is 0 Å². The summed E-state index contributed by atoms with van der Waals surface area (Å²) in [5.74, 6) is 5.08. The van der Waals surface area contributed by atoms with E-state index in [9.17, 15) is 0 Å². The fourth-order valence-electron chi connectivity index (χ4n) is 3.05. The molecule has 2 aromatic heterocycles. The molecule has 4 N–H and O–H groups in total. The van der Waals surface area contributed by atoms with Crippen molar-refractivity contribution in [2.45, 2.75) is 34.3 Å². The Morgan fingerprint density at radius 1 is 1.03 bits per heavy atom. The summed E-state index contributed by atoms with van der Waals surface area (Å²) in [7, 11) is 1.93. The number of amides is 1. The molecule has 7 heteroatoms. The minimum absolute atomic E-state index is 0.403. The van der Waals surface area contributed by atoms with Gasteiger partial charge in [0.25, 0.3) is 0 Å². The first-order valence-corrected chi connectivity index (χ1v) is 9.62. The predicted octanol–water partition coefficient (Wildman–Crippen LogP) is 3.60. The zero-order chi connectivity index (χ0) is 22.1. The van der Waals surface area contributed by atoms with Crippen LogP contribution in [-0.2, 0) is 11.4 Å². The number of hydrazine groups is 1. The summed E-state index contributed by atoms with van der Waals surface area (Å²) < 4.78 is 6.07. The quantitative estimate of drug-likeness (QED) is 0.250. The standard InChI is InChI=1S/C22H25N3O.CH4N2O/c1-14-8-6-10-20(23-5)19(14)13-26-22-15(2)12-18(17(4)25-22)21-11-7-9-16(3)24-21;2-3-1-4/h6-12,23H,13H2,1-5H3;1H,2H2,(H,3,4). The Balaban J connectivity index is 0.000000735. The van der Waals surface area contributed by atoms with Crippen LogP contribution in [0, 0.1) is 27.7 Å². The molecule has 0 aliphatic heterocycles. The zero-order valence-electron chi connectivity index (χ0n) is 18.1. The summed E-state index contributed by atoms with van der Waals surface area (Å²) in [5, 5.41) is 3.23. The maximum atomic E-state index is 8.94. The lowest BCUT2D eigenvalue weighted by Crippen LogP contribution is -2.18. The number of hydrogen-bond acceptors (Lipinski definition) is 6. The molecule has 0 aliphatic rings. The number of anilines is 1. The molecule has 0 spiro atoms. The molecule has 158 valence electrons. The Morgan fingerprint density at radius 3 is 2.37 bits per heavy atom. The SMILES string of the molecule is CNc1cccc(C)c1COc1nc(C)c(-c2cccc(C)n2)cc1C.NNC=O. The number of carbonyl (C=O) groups excluding carboxylic acids is 1. The van der Waals surface area contributed by atoms with Crippen LogP contribution in [0.15, 0.2) is 42.5 Å². The van der Waals surface area contributed by atoms with Gasteiger partial charge in [-0.15, -0.1) is 0 Å². The van der Waals surface area contributed by atoms with Crippen molar-refractivity contribution in [1.29, 1.82) is 0 Å². The van der Waals surface area contributed by atoms with Gasteiger partial charge >= 0.3 is 0 Å². The van der Waals surface area contributed by atoms with Crippen LogP contribution in [0.3, 0.4) is 0 Å². The molecule has 30 heavy (non-hydrogen) atoms. The topological polar surface area (TPSA) is 102 Å². The maximum absolute atomic E-state index is 8.94. The molecule has 2 heterocycles. The fourth-order valence-corrected chi connectivity index (χ4v) is 3.05. The zero-order valence-corrected chi connectivity index (χ0v) is 18.1. The molecular formula is C23H29N5O2. The molecule has 3 rings (SSSR count). The number of benzene rings is 1. The third-order valence-electron chi connectivity index (χ3n) is 4.62. The average molecular weight is 408 g/mol. The second-order valence-corrected chi connectivity index (χ2v) is 6.83. The predicted molar refractivity (Wildman–Crippen MR) is 120 cm³/mol. The number of hydrogen-bond donors (Lipinski definition) is 3. The molecule has 1 amide bonds. The average Bonchev–Trinajstić information content (AvgIpc) is 2.74. The lowest BCUT2D eigenvalue weighted by Gasteiger charge is -2.15. The van der Waals surface area contributed by atoms with Crippen LogP contribution in [0.4, 0.5) is 5.69 Å². The Kier molecular flexibility index (Phi) is 8.31. The number of carbonyl (C=O) groups is 1. The van der Waals surface area contributed by atoms with Gasteiger partial charge in [-0.3, -0.25) is 15.2 Å². The largest absolute Gasteiger partial charge is 0.473 e. The molecule has 0 saturated heterocycles. The van der Waals surface area contributed by atoms with Crippen LogP contribution < -0.4 is 21.3 Å². The van der Waals surface area contributed by atoms with E-state index in [1.54, 1.807) is 5.43 Å². The van der Waals surface area contributed by atoms with Crippen LogP contribution >= 0.6 is 0 Å². The number of nitrogens with zero attached hydrogens (tertiary/aromatic N) is 2. The molecular weight excluding hydrogens is 378 g/mol. The van der Waals surface area contributed by atoms with Gasteiger partial charge in [-0.25, -0.2) is 10.8 Å². The Morgan fingerprint density at radius 2 is 1.73 bits per heavy atom.